The van der Waals surface area contributed by atoms with Crippen LogP contribution >= 0.6 is 12.2 Å². The van der Waals surface area contributed by atoms with Crippen molar-refractivity contribution in [3.63, 3.8) is 0 Å². The average molecular weight is 437 g/mol. The van der Waals surface area contributed by atoms with Crippen molar-refractivity contribution in [2.75, 3.05) is 13.7 Å². The fraction of sp³-hybridized carbons (Fsp3) is 0.208. The van der Waals surface area contributed by atoms with Crippen LogP contribution in [0.4, 0.5) is 0 Å². The van der Waals surface area contributed by atoms with Gasteiger partial charge in [0.25, 0.3) is 11.8 Å². The van der Waals surface area contributed by atoms with E-state index in [0.717, 1.165) is 22.4 Å². The second kappa shape index (κ2) is 9.57. The SMILES string of the molecule is C=CCN1C(=O)C(=Cc2ccc(OC)c(COc3cccc(C)c3C)c2)C(=O)NC1=S. The molecule has 0 atom stereocenters. The van der Waals surface area contributed by atoms with E-state index in [1.165, 1.54) is 11.0 Å². The van der Waals surface area contributed by atoms with Gasteiger partial charge < -0.3 is 9.47 Å². The highest BCUT2D eigenvalue weighted by atomic mass is 32.1. The number of hydrogen-bond donors (Lipinski definition) is 1. The van der Waals surface area contributed by atoms with Gasteiger partial charge in [0.05, 0.1) is 7.11 Å². The van der Waals surface area contributed by atoms with Crippen molar-refractivity contribution in [1.29, 1.82) is 0 Å². The van der Waals surface area contributed by atoms with Gasteiger partial charge in [-0.15, -0.1) is 6.58 Å². The van der Waals surface area contributed by atoms with Gasteiger partial charge in [-0.25, -0.2) is 0 Å². The van der Waals surface area contributed by atoms with E-state index in [1.807, 2.05) is 38.1 Å². The zero-order valence-electron chi connectivity index (χ0n) is 17.7. The van der Waals surface area contributed by atoms with Crippen molar-refractivity contribution >= 4 is 35.2 Å². The first-order chi connectivity index (χ1) is 14.8. The highest BCUT2D eigenvalue weighted by Gasteiger charge is 2.32. The predicted molar refractivity (Wildman–Crippen MR) is 124 cm³/mol. The molecule has 0 bridgehead atoms. The molecule has 31 heavy (non-hydrogen) atoms. The highest BCUT2D eigenvalue weighted by Crippen LogP contribution is 2.26. The third-order valence-electron chi connectivity index (χ3n) is 5.05. The van der Waals surface area contributed by atoms with Gasteiger partial charge in [-0.05, 0) is 67.0 Å². The molecular weight excluding hydrogens is 412 g/mol. The Balaban J connectivity index is 1.89. The van der Waals surface area contributed by atoms with Crippen LogP contribution in [-0.4, -0.2) is 35.5 Å². The van der Waals surface area contributed by atoms with E-state index in [9.17, 15) is 9.59 Å². The summed E-state index contributed by atoms with van der Waals surface area (Å²) in [5, 5.41) is 2.62. The number of carbonyl (C=O) groups excluding carboxylic acids is 2. The Hall–Kier alpha value is -3.45. The number of methoxy groups -OCH3 is 1. The molecular formula is C24H24N2O4S. The summed E-state index contributed by atoms with van der Waals surface area (Å²) in [6, 6.07) is 11.3. The van der Waals surface area contributed by atoms with E-state index in [4.69, 9.17) is 21.7 Å². The Morgan fingerprint density at radius 3 is 2.65 bits per heavy atom. The van der Waals surface area contributed by atoms with E-state index in [1.54, 1.807) is 25.3 Å². The lowest BCUT2D eigenvalue weighted by Gasteiger charge is -2.27. The molecule has 6 nitrogen and oxygen atoms in total. The van der Waals surface area contributed by atoms with Crippen LogP contribution < -0.4 is 14.8 Å². The lowest BCUT2D eigenvalue weighted by atomic mass is 10.0. The number of benzene rings is 2. The van der Waals surface area contributed by atoms with Crippen LogP contribution in [0.1, 0.15) is 22.3 Å². The molecule has 0 aliphatic carbocycles. The average Bonchev–Trinajstić information content (AvgIpc) is 2.75. The predicted octanol–water partition coefficient (Wildman–Crippen LogP) is 3.70. The van der Waals surface area contributed by atoms with Crippen LogP contribution in [0, 0.1) is 13.8 Å². The summed E-state index contributed by atoms with van der Waals surface area (Å²) >= 11 is 5.08. The summed E-state index contributed by atoms with van der Waals surface area (Å²) < 4.78 is 11.5. The third-order valence-corrected chi connectivity index (χ3v) is 5.37. The number of ether oxygens (including phenoxy) is 2. The molecule has 1 N–H and O–H groups in total. The van der Waals surface area contributed by atoms with E-state index in [2.05, 4.69) is 11.9 Å². The molecule has 0 aromatic heterocycles. The van der Waals surface area contributed by atoms with Gasteiger partial charge in [0.1, 0.15) is 23.7 Å². The number of rotatable bonds is 7. The molecule has 3 rings (SSSR count). The molecule has 0 saturated carbocycles. The molecule has 1 aliphatic rings. The molecule has 2 aromatic carbocycles. The Morgan fingerprint density at radius 1 is 1.16 bits per heavy atom. The number of hydrogen-bond acceptors (Lipinski definition) is 5. The van der Waals surface area contributed by atoms with Gasteiger partial charge in [-0.2, -0.15) is 0 Å². The first kappa shape index (κ1) is 22.2. The smallest absolute Gasteiger partial charge is 0.265 e. The summed E-state index contributed by atoms with van der Waals surface area (Å²) in [5.74, 6) is 0.458. The Morgan fingerprint density at radius 2 is 1.94 bits per heavy atom. The van der Waals surface area contributed by atoms with Gasteiger partial charge in [0.15, 0.2) is 5.11 Å². The topological polar surface area (TPSA) is 67.9 Å². The summed E-state index contributed by atoms with van der Waals surface area (Å²) in [6.07, 6.45) is 3.09. The lowest BCUT2D eigenvalue weighted by Crippen LogP contribution is -2.53. The maximum atomic E-state index is 12.7. The highest BCUT2D eigenvalue weighted by molar-refractivity contribution is 7.80. The van der Waals surface area contributed by atoms with Crippen molar-refractivity contribution in [3.05, 3.63) is 76.9 Å². The minimum atomic E-state index is -0.528. The molecule has 2 aromatic rings. The second-order valence-corrected chi connectivity index (χ2v) is 7.47. The van der Waals surface area contributed by atoms with Crippen molar-refractivity contribution in [2.45, 2.75) is 20.5 Å². The monoisotopic (exact) mass is 436 g/mol. The summed E-state index contributed by atoms with van der Waals surface area (Å²) in [5.41, 5.74) is 3.68. The summed E-state index contributed by atoms with van der Waals surface area (Å²) in [7, 11) is 1.58. The molecule has 0 spiro atoms. The van der Waals surface area contributed by atoms with Gasteiger partial charge in [-0.3, -0.25) is 19.8 Å². The van der Waals surface area contributed by atoms with Crippen LogP contribution in [0.15, 0.2) is 54.6 Å². The molecule has 1 fully saturated rings. The Kier molecular flexibility index (Phi) is 6.87. The minimum Gasteiger partial charge on any atom is -0.496 e. The van der Waals surface area contributed by atoms with Crippen LogP contribution in [0.5, 0.6) is 11.5 Å². The van der Waals surface area contributed by atoms with E-state index in [0.29, 0.717) is 11.3 Å². The maximum Gasteiger partial charge on any atom is 0.265 e. The van der Waals surface area contributed by atoms with Gasteiger partial charge in [0.2, 0.25) is 0 Å². The number of thiocarbonyl (C=S) groups is 1. The molecule has 0 radical (unpaired) electrons. The minimum absolute atomic E-state index is 0.00186. The standard InChI is InChI=1S/C24H24N2O4S/c1-5-11-26-23(28)19(22(27)25-24(26)31)13-17-9-10-21(29-4)18(12-17)14-30-20-8-6-7-15(2)16(20)3/h5-10,12-13H,1,11,14H2,2-4H3,(H,25,27,31). The van der Waals surface area contributed by atoms with E-state index in [-0.39, 0.29) is 23.8 Å². The Bertz CT molecular complexity index is 1090. The normalized spacial score (nSPS) is 15.1. The fourth-order valence-electron chi connectivity index (χ4n) is 3.19. The second-order valence-electron chi connectivity index (χ2n) is 7.08. The molecule has 1 heterocycles. The molecule has 160 valence electrons. The van der Waals surface area contributed by atoms with E-state index < -0.39 is 11.8 Å². The Labute approximate surface area is 187 Å². The van der Waals surface area contributed by atoms with Crippen LogP contribution in [0.25, 0.3) is 6.08 Å². The zero-order chi connectivity index (χ0) is 22.5. The summed E-state index contributed by atoms with van der Waals surface area (Å²) in [4.78, 5) is 26.4. The first-order valence-corrected chi connectivity index (χ1v) is 10.1. The number of nitrogens with one attached hydrogen (secondary N) is 1. The summed E-state index contributed by atoms with van der Waals surface area (Å²) in [6.45, 7) is 8.16. The molecule has 1 saturated heterocycles. The molecule has 7 heteroatoms. The molecule has 1 aliphatic heterocycles. The third kappa shape index (κ3) is 4.83. The number of amides is 2. The zero-order valence-corrected chi connectivity index (χ0v) is 18.5. The van der Waals surface area contributed by atoms with E-state index >= 15 is 0 Å². The number of aryl methyl sites for hydroxylation is 1. The molecule has 0 unspecified atom stereocenters. The van der Waals surface area contributed by atoms with Crippen molar-refractivity contribution in [2.24, 2.45) is 0 Å². The molecule has 2 amide bonds. The van der Waals surface area contributed by atoms with Crippen LogP contribution in [-0.2, 0) is 16.2 Å². The quantitative estimate of drug-likeness (QED) is 0.310. The number of nitrogens with zero attached hydrogens (tertiary/aromatic N) is 1. The first-order valence-electron chi connectivity index (χ1n) is 9.71. The van der Waals surface area contributed by atoms with Crippen LogP contribution in [0.2, 0.25) is 0 Å². The van der Waals surface area contributed by atoms with Crippen molar-refractivity contribution in [3.8, 4) is 11.5 Å². The van der Waals surface area contributed by atoms with Gasteiger partial charge in [-0.1, -0.05) is 24.3 Å². The lowest BCUT2D eigenvalue weighted by molar-refractivity contribution is -0.128. The fourth-order valence-corrected chi connectivity index (χ4v) is 3.44. The van der Waals surface area contributed by atoms with Gasteiger partial charge in [0, 0.05) is 12.1 Å². The number of carbonyl (C=O) groups is 2. The maximum absolute atomic E-state index is 12.7. The van der Waals surface area contributed by atoms with Crippen molar-refractivity contribution in [1.82, 2.24) is 10.2 Å². The van der Waals surface area contributed by atoms with Crippen LogP contribution in [0.3, 0.4) is 0 Å². The largest absolute Gasteiger partial charge is 0.496 e. The van der Waals surface area contributed by atoms with Gasteiger partial charge >= 0.3 is 0 Å². The van der Waals surface area contributed by atoms with Crippen molar-refractivity contribution < 1.29 is 19.1 Å².